The molecule has 238 valence electrons. The molecule has 0 fully saturated rings. The molecular formula is C44H32N6. The second-order valence-corrected chi connectivity index (χ2v) is 13.0. The van der Waals surface area contributed by atoms with Crippen LogP contribution in [0.5, 0.6) is 0 Å². The van der Waals surface area contributed by atoms with Gasteiger partial charge in [0.05, 0.1) is 22.1 Å². The average Bonchev–Trinajstić information content (AvgIpc) is 3.94. The molecule has 4 aromatic heterocycles. The van der Waals surface area contributed by atoms with Crippen molar-refractivity contribution in [1.29, 1.82) is 0 Å². The van der Waals surface area contributed by atoms with Gasteiger partial charge in [-0.25, -0.2) is 9.97 Å². The minimum Gasteiger partial charge on any atom is -0.334 e. The third kappa shape index (κ3) is 4.28. The Morgan fingerprint density at radius 1 is 0.380 bits per heavy atom. The maximum atomic E-state index is 4.61. The summed E-state index contributed by atoms with van der Waals surface area (Å²) >= 11 is 0. The lowest BCUT2D eigenvalue weighted by Gasteiger charge is -2.13. The molecule has 0 amide bonds. The van der Waals surface area contributed by atoms with Gasteiger partial charge in [-0.3, -0.25) is 0 Å². The summed E-state index contributed by atoms with van der Waals surface area (Å²) in [4.78, 5) is 9.22. The van der Waals surface area contributed by atoms with Gasteiger partial charge in [0, 0.05) is 82.9 Å². The number of para-hydroxylation sites is 2. The predicted molar refractivity (Wildman–Crippen MR) is 205 cm³/mol. The van der Waals surface area contributed by atoms with E-state index >= 15 is 0 Å². The van der Waals surface area contributed by atoms with Crippen LogP contribution in [0.4, 0.5) is 0 Å². The van der Waals surface area contributed by atoms with E-state index in [9.17, 15) is 0 Å². The molecule has 50 heavy (non-hydrogen) atoms. The normalized spacial score (nSPS) is 11.8. The number of aryl methyl sites for hydroxylation is 2. The average molecular weight is 645 g/mol. The molecule has 0 atom stereocenters. The van der Waals surface area contributed by atoms with E-state index in [1.807, 2.05) is 38.9 Å². The van der Waals surface area contributed by atoms with Crippen LogP contribution in [0.25, 0.3) is 88.9 Å². The minimum atomic E-state index is 0.961. The van der Waals surface area contributed by atoms with Gasteiger partial charge in [-0.15, -0.1) is 0 Å². The monoisotopic (exact) mass is 644 g/mol. The Bertz CT molecular complexity index is 2710. The van der Waals surface area contributed by atoms with Crippen LogP contribution in [-0.4, -0.2) is 28.2 Å². The van der Waals surface area contributed by atoms with Gasteiger partial charge in [0.1, 0.15) is 11.6 Å². The van der Waals surface area contributed by atoms with Gasteiger partial charge in [-0.2, -0.15) is 0 Å². The summed E-state index contributed by atoms with van der Waals surface area (Å²) in [6.45, 7) is 0. The number of rotatable bonds is 5. The number of fused-ring (bicyclic) bond motifs is 6. The van der Waals surface area contributed by atoms with Crippen LogP contribution in [0.3, 0.4) is 0 Å². The maximum absolute atomic E-state index is 4.61. The fourth-order valence-electron chi connectivity index (χ4n) is 7.72. The van der Waals surface area contributed by atoms with Gasteiger partial charge >= 0.3 is 0 Å². The molecule has 0 N–H and O–H groups in total. The van der Waals surface area contributed by atoms with Gasteiger partial charge < -0.3 is 18.3 Å². The molecule has 6 aromatic carbocycles. The number of hydrogen-bond donors (Lipinski definition) is 0. The van der Waals surface area contributed by atoms with Crippen LogP contribution < -0.4 is 0 Å². The summed E-state index contributed by atoms with van der Waals surface area (Å²) in [6.07, 6.45) is 7.68. The predicted octanol–water partition coefficient (Wildman–Crippen LogP) is 10.3. The molecule has 0 radical (unpaired) electrons. The van der Waals surface area contributed by atoms with E-state index in [-0.39, 0.29) is 0 Å². The molecule has 0 aliphatic rings. The zero-order chi connectivity index (χ0) is 33.3. The third-order valence-electron chi connectivity index (χ3n) is 10.0. The van der Waals surface area contributed by atoms with E-state index in [0.717, 1.165) is 45.3 Å². The summed E-state index contributed by atoms with van der Waals surface area (Å²) < 4.78 is 8.90. The van der Waals surface area contributed by atoms with Crippen molar-refractivity contribution in [2.75, 3.05) is 0 Å². The SMILES string of the molecule is Cn1ccnc1-c1ccc2c(c1)c1ccccc1n2-c1cccc(-c2cccc(-n3c4ccccc4c4cc(-c5nccn5C)ccc43)c2)c1. The summed E-state index contributed by atoms with van der Waals surface area (Å²) in [7, 11) is 4.08. The highest BCUT2D eigenvalue weighted by molar-refractivity contribution is 6.11. The number of benzene rings is 6. The lowest BCUT2D eigenvalue weighted by molar-refractivity contribution is 0.925. The zero-order valence-electron chi connectivity index (χ0n) is 27.7. The standard InChI is InChI=1S/C44H32N6/c1-47-23-21-45-43(47)31-17-19-41-37(27-31)35-13-3-5-15-39(35)49(41)33-11-7-9-29(25-33)30-10-8-12-34(26-30)50-40-16-6-4-14-36(40)38-28-32(18-20-42(38)50)44-46-22-24-48(44)2/h3-28H,1-2H3. The number of imidazole rings is 2. The van der Waals surface area contributed by atoms with Crippen LogP contribution in [0.1, 0.15) is 0 Å². The van der Waals surface area contributed by atoms with E-state index in [2.05, 4.69) is 162 Å². The van der Waals surface area contributed by atoms with Crippen LogP contribution >= 0.6 is 0 Å². The Morgan fingerprint density at radius 3 is 1.26 bits per heavy atom. The maximum Gasteiger partial charge on any atom is 0.139 e. The first-order valence-electron chi connectivity index (χ1n) is 16.9. The van der Waals surface area contributed by atoms with Crippen molar-refractivity contribution in [3.05, 3.63) is 158 Å². The second kappa shape index (κ2) is 10.9. The number of aromatic nitrogens is 6. The highest BCUT2D eigenvalue weighted by atomic mass is 15.0. The largest absolute Gasteiger partial charge is 0.334 e. The Hall–Kier alpha value is -6.66. The van der Waals surface area contributed by atoms with Crippen molar-refractivity contribution in [2.45, 2.75) is 0 Å². The number of nitrogens with zero attached hydrogens (tertiary/aromatic N) is 6. The molecule has 0 unspecified atom stereocenters. The summed E-state index contributed by atoms with van der Waals surface area (Å²) in [5, 5.41) is 4.88. The first-order chi connectivity index (χ1) is 24.6. The smallest absolute Gasteiger partial charge is 0.139 e. The molecule has 4 heterocycles. The summed E-state index contributed by atoms with van der Waals surface area (Å²) in [5.74, 6) is 1.92. The fraction of sp³-hybridized carbons (Fsp3) is 0.0455. The highest BCUT2D eigenvalue weighted by Crippen LogP contribution is 2.38. The molecule has 0 spiro atoms. The van der Waals surface area contributed by atoms with E-state index in [4.69, 9.17) is 0 Å². The summed E-state index contributed by atoms with van der Waals surface area (Å²) in [5.41, 5.74) is 11.5. The van der Waals surface area contributed by atoms with Gasteiger partial charge in [0.25, 0.3) is 0 Å². The second-order valence-electron chi connectivity index (χ2n) is 13.0. The lowest BCUT2D eigenvalue weighted by Crippen LogP contribution is -1.96. The van der Waals surface area contributed by atoms with E-state index in [0.29, 0.717) is 0 Å². The molecule has 10 aromatic rings. The molecule has 6 nitrogen and oxygen atoms in total. The van der Waals surface area contributed by atoms with Crippen LogP contribution in [0.2, 0.25) is 0 Å². The van der Waals surface area contributed by atoms with Gasteiger partial charge in [-0.1, -0.05) is 60.7 Å². The van der Waals surface area contributed by atoms with E-state index in [1.54, 1.807) is 0 Å². The van der Waals surface area contributed by atoms with Gasteiger partial charge in [0.15, 0.2) is 0 Å². The van der Waals surface area contributed by atoms with Crippen molar-refractivity contribution in [2.24, 2.45) is 14.1 Å². The lowest BCUT2D eigenvalue weighted by atomic mass is 10.0. The first-order valence-corrected chi connectivity index (χ1v) is 16.9. The molecule has 0 bridgehead atoms. The van der Waals surface area contributed by atoms with E-state index in [1.165, 1.54) is 43.6 Å². The van der Waals surface area contributed by atoms with Gasteiger partial charge in [0.2, 0.25) is 0 Å². The van der Waals surface area contributed by atoms with Crippen molar-refractivity contribution >= 4 is 43.6 Å². The van der Waals surface area contributed by atoms with Crippen molar-refractivity contribution in [1.82, 2.24) is 28.2 Å². The Kier molecular flexibility index (Phi) is 6.20. The molecule has 0 saturated heterocycles. The Balaban J connectivity index is 1.11. The van der Waals surface area contributed by atoms with Crippen molar-refractivity contribution in [3.8, 4) is 45.3 Å². The molecule has 6 heteroatoms. The molecule has 0 aliphatic heterocycles. The van der Waals surface area contributed by atoms with Crippen LogP contribution in [-0.2, 0) is 14.1 Å². The van der Waals surface area contributed by atoms with Crippen LogP contribution in [0, 0.1) is 0 Å². The highest BCUT2D eigenvalue weighted by Gasteiger charge is 2.17. The van der Waals surface area contributed by atoms with Gasteiger partial charge in [-0.05, 0) is 83.9 Å². The fourth-order valence-corrected chi connectivity index (χ4v) is 7.72. The summed E-state index contributed by atoms with van der Waals surface area (Å²) in [6, 6.07) is 48.5. The topological polar surface area (TPSA) is 45.5 Å². The van der Waals surface area contributed by atoms with Crippen LogP contribution in [0.15, 0.2) is 158 Å². The first kappa shape index (κ1) is 28.4. The Labute approximate surface area is 288 Å². The minimum absolute atomic E-state index is 0.961. The third-order valence-corrected chi connectivity index (χ3v) is 10.0. The molecule has 0 saturated carbocycles. The van der Waals surface area contributed by atoms with Crippen molar-refractivity contribution < 1.29 is 0 Å². The molecule has 10 rings (SSSR count). The number of hydrogen-bond acceptors (Lipinski definition) is 2. The van der Waals surface area contributed by atoms with E-state index < -0.39 is 0 Å². The zero-order valence-corrected chi connectivity index (χ0v) is 27.7. The molecule has 0 aliphatic carbocycles. The molecular weight excluding hydrogens is 613 g/mol. The quantitative estimate of drug-likeness (QED) is 0.187. The van der Waals surface area contributed by atoms with Crippen molar-refractivity contribution in [3.63, 3.8) is 0 Å². The Morgan fingerprint density at radius 2 is 0.820 bits per heavy atom.